The molecule has 0 rings (SSSR count). The summed E-state index contributed by atoms with van der Waals surface area (Å²) in [5.41, 5.74) is 0. The van der Waals surface area contributed by atoms with E-state index in [0.29, 0.717) is 5.92 Å². The van der Waals surface area contributed by atoms with Crippen molar-refractivity contribution in [1.29, 1.82) is 0 Å². The van der Waals surface area contributed by atoms with Crippen LogP contribution in [0.5, 0.6) is 0 Å². The Morgan fingerprint density at radius 2 is 1.89 bits per heavy atom. The molecule has 0 amide bonds. The van der Waals surface area contributed by atoms with Crippen LogP contribution >= 0.6 is 0 Å². The van der Waals surface area contributed by atoms with Crippen molar-refractivity contribution in [2.24, 2.45) is 5.92 Å². The molecule has 0 saturated carbocycles. The second kappa shape index (κ2) is 11.6. The van der Waals surface area contributed by atoms with Gasteiger partial charge in [-0.1, -0.05) is 13.8 Å². The zero-order valence-corrected chi connectivity index (χ0v) is 11.4. The second-order valence-corrected chi connectivity index (χ2v) is 1.64. The van der Waals surface area contributed by atoms with E-state index in [0.717, 1.165) is 6.21 Å². The number of allylic oxidation sites excluding steroid dienone is 2. The molecule has 9 heavy (non-hydrogen) atoms. The fourth-order valence-electron chi connectivity index (χ4n) is 0.235. The molecule has 3 heteroatoms. The molecule has 0 unspecified atom stereocenters. The minimum atomic E-state index is 0.406. The molecule has 0 N–H and O–H groups in total. The summed E-state index contributed by atoms with van der Waals surface area (Å²) < 4.78 is 0. The van der Waals surface area contributed by atoms with Gasteiger partial charge in [0, 0.05) is 0 Å². The van der Waals surface area contributed by atoms with Gasteiger partial charge in [0.05, 0.1) is 0 Å². The van der Waals surface area contributed by atoms with E-state index in [1.54, 1.807) is 32.4 Å². The van der Waals surface area contributed by atoms with Crippen molar-refractivity contribution in [3.05, 3.63) is 17.6 Å². The molecule has 0 aromatic rings. The molecule has 52 valence electrons. The van der Waals surface area contributed by atoms with Gasteiger partial charge in [0.25, 0.3) is 0 Å². The van der Waals surface area contributed by atoms with Gasteiger partial charge in [-0.05, 0) is 0 Å². The van der Waals surface area contributed by atoms with E-state index in [-0.39, 0.29) is 0 Å². The van der Waals surface area contributed by atoms with Gasteiger partial charge in [-0.25, -0.2) is 0 Å². The molecule has 0 aromatic carbocycles. The standard InChI is InChI=1S/C6H9N.2W/c1-6(2)4-3-5-7;;/h3,5-6H,1-2H3;;/q-2;;. The Bertz CT molecular complexity index is 89.1. The third kappa shape index (κ3) is 17.7. The monoisotopic (exact) mass is 463 g/mol. The van der Waals surface area contributed by atoms with E-state index < -0.39 is 0 Å². The van der Waals surface area contributed by atoms with Gasteiger partial charge >= 0.3 is 32.4 Å². The minimum absolute atomic E-state index is 0.406. The second-order valence-electron chi connectivity index (χ2n) is 1.64. The van der Waals surface area contributed by atoms with Crippen LogP contribution in [0.25, 0.3) is 5.41 Å². The van der Waals surface area contributed by atoms with E-state index in [9.17, 15) is 0 Å². The molecule has 0 atom stereocenters. The maximum absolute atomic E-state index is 8.07. The summed E-state index contributed by atoms with van der Waals surface area (Å²) in [6.07, 6.45) is 5.36. The molecular weight excluding hydrogens is 454 g/mol. The van der Waals surface area contributed by atoms with Crippen LogP contribution in [0.2, 0.25) is 0 Å². The zero-order valence-electron chi connectivity index (χ0n) is 5.50. The van der Waals surface area contributed by atoms with Gasteiger partial charge in [-0.2, -0.15) is 0 Å². The molecule has 1 nitrogen and oxygen atoms in total. The zero-order chi connectivity index (χ0) is 7.70. The molecule has 0 heterocycles. The summed E-state index contributed by atoms with van der Waals surface area (Å²) in [6, 6.07) is 0. The predicted molar refractivity (Wildman–Crippen MR) is 32.1 cm³/mol. The number of nitrogens with zero attached hydrogens (tertiary/aromatic N) is 1. The molecule has 0 saturated heterocycles. The average Bonchev–Trinajstić information content (AvgIpc) is 1.88. The molecule has 0 aliphatic heterocycles. The van der Waals surface area contributed by atoms with Crippen LogP contribution in [0, 0.1) is 12.0 Å². The Kier molecular flexibility index (Phi) is 16.0. The Labute approximate surface area is 75.6 Å². The van der Waals surface area contributed by atoms with Crippen molar-refractivity contribution in [1.82, 2.24) is 0 Å². The van der Waals surface area contributed by atoms with Gasteiger partial charge in [0.1, 0.15) is 0 Å². The van der Waals surface area contributed by atoms with Crippen LogP contribution in [0.4, 0.5) is 0 Å². The summed E-state index contributed by atoms with van der Waals surface area (Å²) in [5, 5.41) is 8.07. The van der Waals surface area contributed by atoms with Crippen LogP contribution in [0.15, 0.2) is 6.08 Å². The Hall–Kier alpha value is 0.787. The molecule has 0 aliphatic rings. The average molecular weight is 463 g/mol. The number of hydrogen-bond acceptors (Lipinski definition) is 0. The first-order valence-electron chi connectivity index (χ1n) is 2.49. The molecule has 0 bridgehead atoms. The van der Waals surface area contributed by atoms with E-state index in [1.807, 2.05) is 13.8 Å². The Balaban J connectivity index is 0. The summed E-state index contributed by atoms with van der Waals surface area (Å²) in [4.78, 5) is 0. The van der Waals surface area contributed by atoms with Gasteiger partial charge in [-0.15, -0.1) is 5.92 Å². The Morgan fingerprint density at radius 1 is 1.44 bits per heavy atom. The fraction of sp³-hybridized carbons (Fsp3) is 0.500. The van der Waals surface area contributed by atoms with E-state index in [4.69, 9.17) is 5.41 Å². The first-order chi connectivity index (χ1) is 4.27. The first-order valence-corrected chi connectivity index (χ1v) is 13.5. The van der Waals surface area contributed by atoms with Crippen molar-refractivity contribution in [3.63, 3.8) is 0 Å². The van der Waals surface area contributed by atoms with Crippen LogP contribution in [-0.4, -0.2) is 6.21 Å². The SMILES string of the molecule is CC(C)[C-]=CC=[N-].[W]=[W]. The van der Waals surface area contributed by atoms with Crippen LogP contribution < -0.4 is 0 Å². The Morgan fingerprint density at radius 3 is 2.00 bits per heavy atom. The quantitative estimate of drug-likeness (QED) is 0.440. The van der Waals surface area contributed by atoms with Crippen LogP contribution in [-0.2, 0) is 32.4 Å². The van der Waals surface area contributed by atoms with Crippen molar-refractivity contribution >= 4 is 6.21 Å². The number of hydrogen-bond donors (Lipinski definition) is 0. The molecule has 0 radical (unpaired) electrons. The number of rotatable bonds is 2. The summed E-state index contributed by atoms with van der Waals surface area (Å²) >= 11 is 3.33. The first kappa shape index (κ1) is 12.5. The van der Waals surface area contributed by atoms with Crippen molar-refractivity contribution in [3.8, 4) is 0 Å². The van der Waals surface area contributed by atoms with Gasteiger partial charge in [-0.3, -0.25) is 12.2 Å². The fourth-order valence-corrected chi connectivity index (χ4v) is 0.235. The van der Waals surface area contributed by atoms with Gasteiger partial charge < -0.3 is 11.6 Å². The summed E-state index contributed by atoms with van der Waals surface area (Å²) in [5.74, 6) is 0.406. The molecule has 0 fully saturated rings. The maximum atomic E-state index is 8.07. The normalized spacial score (nSPS) is 8.78. The summed E-state index contributed by atoms with van der Waals surface area (Å²) in [6.45, 7) is 4.00. The van der Waals surface area contributed by atoms with E-state index in [2.05, 4.69) is 6.08 Å². The van der Waals surface area contributed by atoms with E-state index >= 15 is 0 Å². The van der Waals surface area contributed by atoms with E-state index in [1.165, 1.54) is 6.08 Å². The molecule has 0 spiro atoms. The van der Waals surface area contributed by atoms with Gasteiger partial charge in [0.15, 0.2) is 0 Å². The van der Waals surface area contributed by atoms with Crippen LogP contribution in [0.3, 0.4) is 0 Å². The topological polar surface area (TPSA) is 22.3 Å². The predicted octanol–water partition coefficient (Wildman–Crippen LogP) is 1.64. The van der Waals surface area contributed by atoms with Crippen LogP contribution in [0.1, 0.15) is 13.8 Å². The molecule has 0 aliphatic carbocycles. The third-order valence-corrected chi connectivity index (χ3v) is 0.504. The van der Waals surface area contributed by atoms with Gasteiger partial charge in [0.2, 0.25) is 0 Å². The molecular formula is C6H9NW2-2. The van der Waals surface area contributed by atoms with Crippen molar-refractivity contribution < 1.29 is 32.4 Å². The molecule has 0 aromatic heterocycles. The van der Waals surface area contributed by atoms with Crippen molar-refractivity contribution in [2.75, 3.05) is 0 Å². The third-order valence-electron chi connectivity index (χ3n) is 0.504. The van der Waals surface area contributed by atoms with Crippen molar-refractivity contribution in [2.45, 2.75) is 13.8 Å². The summed E-state index contributed by atoms with van der Waals surface area (Å²) in [7, 11) is 0.